The van der Waals surface area contributed by atoms with Crippen LogP contribution in [0.3, 0.4) is 0 Å². The molecule has 2 aromatic heterocycles. The van der Waals surface area contributed by atoms with Gasteiger partial charge < -0.3 is 0 Å². The fourth-order valence-electron chi connectivity index (χ4n) is 3.63. The molecule has 2 heterocycles. The van der Waals surface area contributed by atoms with Gasteiger partial charge in [0.25, 0.3) is 5.91 Å². The lowest BCUT2D eigenvalue weighted by Gasteiger charge is -2.09. The molecular formula is C25H29N7O2S. The number of carbonyl (C=O) groups excluding carboxylic acids is 2. The Kier molecular flexibility index (Phi) is 8.98. The molecule has 10 heteroatoms. The molecule has 3 rings (SSSR count). The Morgan fingerprint density at radius 2 is 1.74 bits per heavy atom. The summed E-state index contributed by atoms with van der Waals surface area (Å²) in [7, 11) is 0. The molecule has 0 spiro atoms. The lowest BCUT2D eigenvalue weighted by atomic mass is 10.1. The molecule has 0 saturated carbocycles. The van der Waals surface area contributed by atoms with Gasteiger partial charge in [-0.15, -0.1) is 0 Å². The second-order valence-electron chi connectivity index (χ2n) is 8.20. The fourth-order valence-corrected chi connectivity index (χ4v) is 4.53. The highest BCUT2D eigenvalue weighted by Gasteiger charge is 2.14. The smallest absolute Gasteiger partial charge is 0.269 e. The zero-order chi connectivity index (χ0) is 25.4. The maximum Gasteiger partial charge on any atom is 0.269 e. The lowest BCUT2D eigenvalue weighted by Crippen LogP contribution is -2.41. The minimum atomic E-state index is -0.383. The third kappa shape index (κ3) is 7.39. The van der Waals surface area contributed by atoms with E-state index >= 15 is 0 Å². The van der Waals surface area contributed by atoms with Crippen molar-refractivity contribution in [1.82, 2.24) is 30.6 Å². The van der Waals surface area contributed by atoms with Gasteiger partial charge in [-0.3, -0.25) is 25.1 Å². The first-order valence-electron chi connectivity index (χ1n) is 11.3. The van der Waals surface area contributed by atoms with E-state index in [1.165, 1.54) is 0 Å². The largest absolute Gasteiger partial charge is 0.273 e. The van der Waals surface area contributed by atoms with Crippen molar-refractivity contribution in [2.24, 2.45) is 0 Å². The number of nitrogens with one attached hydrogen (secondary N) is 2. The van der Waals surface area contributed by atoms with Gasteiger partial charge in [0.1, 0.15) is 0 Å². The zero-order valence-corrected chi connectivity index (χ0v) is 21.2. The van der Waals surface area contributed by atoms with Gasteiger partial charge in [-0.25, -0.2) is 9.97 Å². The summed E-state index contributed by atoms with van der Waals surface area (Å²) in [5.74, 6) is 0.0169. The van der Waals surface area contributed by atoms with E-state index in [9.17, 15) is 9.59 Å². The highest BCUT2D eigenvalue weighted by Crippen LogP contribution is 2.20. The monoisotopic (exact) mass is 491 g/mol. The summed E-state index contributed by atoms with van der Waals surface area (Å²) in [6.45, 7) is 8.24. The van der Waals surface area contributed by atoms with Crippen molar-refractivity contribution in [3.63, 3.8) is 0 Å². The van der Waals surface area contributed by atoms with Crippen LogP contribution >= 0.6 is 11.8 Å². The molecule has 1 aromatic carbocycles. The van der Waals surface area contributed by atoms with E-state index in [2.05, 4.69) is 32.0 Å². The van der Waals surface area contributed by atoms with Crippen LogP contribution in [0.2, 0.25) is 0 Å². The minimum absolute atomic E-state index is 0.211. The maximum absolute atomic E-state index is 12.4. The number of carbonyl (C=O) groups is 2. The molecular weight excluding hydrogens is 462 g/mol. The Morgan fingerprint density at radius 3 is 2.40 bits per heavy atom. The van der Waals surface area contributed by atoms with E-state index in [1.807, 2.05) is 45.9 Å². The van der Waals surface area contributed by atoms with Gasteiger partial charge in [-0.1, -0.05) is 23.9 Å². The van der Waals surface area contributed by atoms with Gasteiger partial charge in [0.15, 0.2) is 5.16 Å². The SMILES string of the molecule is Cc1cc(C)nc(SCc2ccc(C(=O)NNC(=O)CCc3c(C)nn(CCC#N)c3C)cc2)n1. The van der Waals surface area contributed by atoms with Crippen molar-refractivity contribution in [2.45, 2.75) is 64.4 Å². The van der Waals surface area contributed by atoms with Crippen molar-refractivity contribution >= 4 is 23.6 Å². The van der Waals surface area contributed by atoms with E-state index in [0.717, 1.165) is 39.1 Å². The van der Waals surface area contributed by atoms with Crippen molar-refractivity contribution in [1.29, 1.82) is 5.26 Å². The van der Waals surface area contributed by atoms with Crippen molar-refractivity contribution < 1.29 is 9.59 Å². The molecule has 0 aliphatic heterocycles. The van der Waals surface area contributed by atoms with Crippen LogP contribution in [0, 0.1) is 39.0 Å². The average molecular weight is 492 g/mol. The molecule has 0 fully saturated rings. The van der Waals surface area contributed by atoms with E-state index < -0.39 is 0 Å². The molecule has 3 aromatic rings. The molecule has 182 valence electrons. The van der Waals surface area contributed by atoms with Crippen LogP contribution in [0.15, 0.2) is 35.5 Å². The first kappa shape index (κ1) is 25.9. The number of hydrazine groups is 1. The molecule has 0 aliphatic rings. The molecule has 2 N–H and O–H groups in total. The van der Waals surface area contributed by atoms with Crippen LogP contribution in [-0.2, 0) is 23.5 Å². The number of benzene rings is 1. The summed E-state index contributed by atoms with van der Waals surface area (Å²) in [5, 5.41) is 13.9. The Bertz CT molecular complexity index is 1230. The normalized spacial score (nSPS) is 10.6. The van der Waals surface area contributed by atoms with Gasteiger partial charge >= 0.3 is 0 Å². The highest BCUT2D eigenvalue weighted by molar-refractivity contribution is 7.98. The topological polar surface area (TPSA) is 126 Å². The van der Waals surface area contributed by atoms with Gasteiger partial charge in [-0.05, 0) is 63.4 Å². The minimum Gasteiger partial charge on any atom is -0.273 e. The van der Waals surface area contributed by atoms with E-state index in [0.29, 0.717) is 30.7 Å². The third-order valence-electron chi connectivity index (χ3n) is 5.43. The highest BCUT2D eigenvalue weighted by atomic mass is 32.2. The third-order valence-corrected chi connectivity index (χ3v) is 6.35. The second-order valence-corrected chi connectivity index (χ2v) is 9.14. The quantitative estimate of drug-likeness (QED) is 0.266. The van der Waals surface area contributed by atoms with Gasteiger partial charge in [0, 0.05) is 34.8 Å². The number of aromatic nitrogens is 4. The summed E-state index contributed by atoms with van der Waals surface area (Å²) in [6, 6.07) is 11.2. The van der Waals surface area contributed by atoms with Crippen LogP contribution in [-0.4, -0.2) is 31.6 Å². The summed E-state index contributed by atoms with van der Waals surface area (Å²) >= 11 is 1.54. The molecule has 0 aliphatic carbocycles. The molecule has 9 nitrogen and oxygen atoms in total. The number of aryl methyl sites for hydroxylation is 4. The molecule has 0 atom stereocenters. The summed E-state index contributed by atoms with van der Waals surface area (Å²) < 4.78 is 1.80. The first-order valence-corrected chi connectivity index (χ1v) is 12.3. The zero-order valence-electron chi connectivity index (χ0n) is 20.4. The van der Waals surface area contributed by atoms with Gasteiger partial charge in [-0.2, -0.15) is 10.4 Å². The fraction of sp³-hybridized carbons (Fsp3) is 0.360. The predicted octanol–water partition coefficient (Wildman–Crippen LogP) is 3.51. The summed E-state index contributed by atoms with van der Waals surface area (Å²) in [6.07, 6.45) is 1.10. The van der Waals surface area contributed by atoms with Crippen LogP contribution in [0.5, 0.6) is 0 Å². The van der Waals surface area contributed by atoms with E-state index in [1.54, 1.807) is 28.6 Å². The van der Waals surface area contributed by atoms with Crippen LogP contribution in [0.4, 0.5) is 0 Å². The number of amides is 2. The maximum atomic E-state index is 12.4. The van der Waals surface area contributed by atoms with Gasteiger partial charge in [0.05, 0.1) is 24.7 Å². The van der Waals surface area contributed by atoms with Crippen LogP contribution in [0.1, 0.15) is 57.1 Å². The summed E-state index contributed by atoms with van der Waals surface area (Å²) in [5.41, 5.74) is 11.1. The molecule has 35 heavy (non-hydrogen) atoms. The van der Waals surface area contributed by atoms with Crippen LogP contribution in [0.25, 0.3) is 0 Å². The Hall–Kier alpha value is -3.71. The van der Waals surface area contributed by atoms with Crippen molar-refractivity contribution in [3.8, 4) is 6.07 Å². The number of thioether (sulfide) groups is 1. The molecule has 0 unspecified atom stereocenters. The molecule has 0 radical (unpaired) electrons. The van der Waals surface area contributed by atoms with Crippen LogP contribution < -0.4 is 10.9 Å². The number of nitriles is 1. The average Bonchev–Trinajstić information content (AvgIpc) is 3.10. The van der Waals surface area contributed by atoms with E-state index in [4.69, 9.17) is 5.26 Å². The molecule has 0 saturated heterocycles. The Morgan fingerprint density at radius 1 is 1.06 bits per heavy atom. The van der Waals surface area contributed by atoms with Crippen molar-refractivity contribution in [2.75, 3.05) is 0 Å². The van der Waals surface area contributed by atoms with Gasteiger partial charge in [0.2, 0.25) is 5.91 Å². The number of nitrogens with zero attached hydrogens (tertiary/aromatic N) is 5. The molecule has 2 amide bonds. The number of hydrogen-bond acceptors (Lipinski definition) is 7. The predicted molar refractivity (Wildman–Crippen MR) is 133 cm³/mol. The van der Waals surface area contributed by atoms with E-state index in [-0.39, 0.29) is 18.2 Å². The number of hydrogen-bond donors (Lipinski definition) is 2. The molecule has 0 bridgehead atoms. The van der Waals surface area contributed by atoms with Crippen molar-refractivity contribution in [3.05, 3.63) is 69.8 Å². The summed E-state index contributed by atoms with van der Waals surface area (Å²) in [4.78, 5) is 33.5. The second kappa shape index (κ2) is 12.1. The Labute approximate surface area is 209 Å². The number of rotatable bonds is 9. The lowest BCUT2D eigenvalue weighted by molar-refractivity contribution is -0.121. The first-order chi connectivity index (χ1) is 16.8. The Balaban J connectivity index is 1.46. The standard InChI is InChI=1S/C25H29N7O2S/c1-16-14-17(2)28-25(27-16)35-15-20-6-8-21(9-7-20)24(34)30-29-23(33)11-10-22-18(3)31-32(19(22)4)13-5-12-26/h6-9,14H,5,10-11,13,15H2,1-4H3,(H,29,33)(H,30,34).